The number of methoxy groups -OCH3 is 3. The first-order valence-corrected chi connectivity index (χ1v) is 26.3. The van der Waals surface area contributed by atoms with Crippen LogP contribution in [0.5, 0.6) is 0 Å². The SMILES string of the molecule is COC(=O)C1OC(OC2C(OC3CC[C@@]4(C)C(CC[C@]5(C)C4C(=O)C=C4C6C[C@@](C)(C(=O)OC)CC[C@]6(C)CC[C@]45C)C3(C)C)OC(C(=O)OC)C(OC(C)=O)C2OC(C)=O)C(OC(C)=O)C(OC(C)=O)C1OC(C)=O. The Hall–Kier alpha value is -4.99. The Labute approximate surface area is 444 Å². The fraction of sp³-hybridized carbons (Fsp3) is 0.800. The number of ketones is 1. The molecule has 21 nitrogen and oxygen atoms in total. The van der Waals surface area contributed by atoms with E-state index in [1.54, 1.807) is 0 Å². The largest absolute Gasteiger partial charge is 0.469 e. The molecule has 7 aliphatic rings. The number of ether oxygens (including phenoxy) is 12. The van der Waals surface area contributed by atoms with E-state index in [1.807, 2.05) is 26.8 Å². The van der Waals surface area contributed by atoms with Crippen molar-refractivity contribution < 1.29 is 100.0 Å². The summed E-state index contributed by atoms with van der Waals surface area (Å²) in [5, 5.41) is 0. The van der Waals surface area contributed by atoms with Crippen LogP contribution in [0.25, 0.3) is 0 Å². The van der Waals surface area contributed by atoms with E-state index < -0.39 is 131 Å². The molecule has 0 radical (unpaired) electrons. The van der Waals surface area contributed by atoms with Gasteiger partial charge in [0.25, 0.3) is 0 Å². The zero-order chi connectivity index (χ0) is 56.4. The van der Waals surface area contributed by atoms with Crippen LogP contribution in [-0.4, -0.2) is 142 Å². The van der Waals surface area contributed by atoms with Gasteiger partial charge in [-0.05, 0) is 110 Å². The van der Waals surface area contributed by atoms with Gasteiger partial charge in [-0.25, -0.2) is 9.59 Å². The number of hydrogen-bond acceptors (Lipinski definition) is 21. The Morgan fingerprint density at radius 1 is 0.539 bits per heavy atom. The summed E-state index contributed by atoms with van der Waals surface area (Å²) in [4.78, 5) is 120. The van der Waals surface area contributed by atoms with Crippen molar-refractivity contribution in [1.82, 2.24) is 0 Å². The molecule has 0 aromatic rings. The van der Waals surface area contributed by atoms with Crippen LogP contribution in [-0.2, 0) is 100.0 Å². The normalized spacial score (nSPS) is 42.3. The first-order chi connectivity index (χ1) is 35.4. The van der Waals surface area contributed by atoms with E-state index in [9.17, 15) is 38.4 Å². The minimum Gasteiger partial charge on any atom is -0.469 e. The highest BCUT2D eigenvalue weighted by atomic mass is 16.8. The second-order valence-corrected chi connectivity index (χ2v) is 24.1. The Kier molecular flexibility index (Phi) is 16.5. The molecule has 0 aromatic heterocycles. The Morgan fingerprint density at radius 2 is 1.01 bits per heavy atom. The summed E-state index contributed by atoms with van der Waals surface area (Å²) < 4.78 is 69.8. The summed E-state index contributed by atoms with van der Waals surface area (Å²) in [6.45, 7) is 20.4. The molecule has 76 heavy (non-hydrogen) atoms. The number of esters is 8. The van der Waals surface area contributed by atoms with Crippen LogP contribution < -0.4 is 0 Å². The van der Waals surface area contributed by atoms with Crippen LogP contribution >= 0.6 is 0 Å². The fourth-order valence-corrected chi connectivity index (χ4v) is 15.4. The molecule has 2 heterocycles. The zero-order valence-electron chi connectivity index (χ0n) is 46.6. The van der Waals surface area contributed by atoms with Gasteiger partial charge in [0.05, 0.1) is 32.8 Å². The van der Waals surface area contributed by atoms with E-state index in [2.05, 4.69) is 27.7 Å². The van der Waals surface area contributed by atoms with Gasteiger partial charge in [-0.1, -0.05) is 47.1 Å². The van der Waals surface area contributed by atoms with Crippen LogP contribution in [0.15, 0.2) is 11.6 Å². The van der Waals surface area contributed by atoms with Crippen LogP contribution in [0.1, 0.15) is 141 Å². The lowest BCUT2D eigenvalue weighted by Crippen LogP contribution is -2.69. The molecular weight excluding hydrogens is 997 g/mol. The molecule has 4 saturated carbocycles. The lowest BCUT2D eigenvalue weighted by Gasteiger charge is -2.70. The van der Waals surface area contributed by atoms with Crippen molar-refractivity contribution in [2.24, 2.45) is 50.2 Å². The lowest BCUT2D eigenvalue weighted by atomic mass is 9.33. The van der Waals surface area contributed by atoms with Crippen LogP contribution in [0.3, 0.4) is 0 Å². The zero-order valence-corrected chi connectivity index (χ0v) is 46.6. The molecule has 6 fully saturated rings. The Bertz CT molecular complexity index is 2380. The fourth-order valence-electron chi connectivity index (χ4n) is 15.4. The molecular formula is C55H78O21. The van der Waals surface area contributed by atoms with Gasteiger partial charge in [0.15, 0.2) is 60.9 Å². The summed E-state index contributed by atoms with van der Waals surface area (Å²) >= 11 is 0. The van der Waals surface area contributed by atoms with Crippen molar-refractivity contribution in [3.63, 3.8) is 0 Å². The highest BCUT2D eigenvalue weighted by Crippen LogP contribution is 2.75. The topological polar surface area (TPSA) is 264 Å². The van der Waals surface area contributed by atoms with E-state index in [0.717, 1.165) is 80.1 Å². The van der Waals surface area contributed by atoms with Crippen molar-refractivity contribution in [1.29, 1.82) is 0 Å². The maximum absolute atomic E-state index is 15.3. The van der Waals surface area contributed by atoms with E-state index in [4.69, 9.17) is 56.8 Å². The molecule has 19 atom stereocenters. The number of hydrogen-bond donors (Lipinski definition) is 0. The standard InChI is InChI=1S/C55H78O21/c1-26(56)68-36-38(70-28(3)58)42(72-30(5)60)48(75-41(36)46(63)66-14)76-43-39(71-29(4)59)37(69-27(2)57)40(45(62)65-13)74-47(43)73-35-17-18-53(10)34(50(35,6)7)16-19-55(12)44(53)33(61)24-31-32-25-52(9,49(64)67-15)21-20-51(32,8)22-23-54(31,55)11/h24,32,34-44,47-48H,16-23,25H2,1-15H3/t32?,34?,35?,36?,37?,38?,39?,40?,41?,42?,43?,44?,47?,48?,51-,52+,53+,54-,55-/m1/s1. The summed E-state index contributed by atoms with van der Waals surface area (Å²) in [7, 11) is 3.52. The third kappa shape index (κ3) is 10.2. The van der Waals surface area contributed by atoms with Gasteiger partial charge in [0, 0.05) is 40.5 Å². The minimum atomic E-state index is -2.00. The van der Waals surface area contributed by atoms with Crippen molar-refractivity contribution >= 4 is 53.5 Å². The molecule has 2 saturated heterocycles. The van der Waals surface area contributed by atoms with Crippen molar-refractivity contribution in [2.75, 3.05) is 21.3 Å². The number of allylic oxidation sites excluding steroid dienone is 2. The predicted molar refractivity (Wildman–Crippen MR) is 260 cm³/mol. The van der Waals surface area contributed by atoms with Crippen LogP contribution in [0.4, 0.5) is 0 Å². The molecule has 5 aliphatic carbocycles. The van der Waals surface area contributed by atoms with Crippen LogP contribution in [0, 0.1) is 50.2 Å². The van der Waals surface area contributed by atoms with E-state index in [0.29, 0.717) is 32.1 Å². The lowest BCUT2D eigenvalue weighted by molar-refractivity contribution is -0.372. The molecule has 21 heteroatoms. The van der Waals surface area contributed by atoms with Crippen LogP contribution in [0.2, 0.25) is 0 Å². The Morgan fingerprint density at radius 3 is 1.51 bits per heavy atom. The molecule has 0 amide bonds. The number of rotatable bonds is 12. The molecule has 0 N–H and O–H groups in total. The minimum absolute atomic E-state index is 0.0187. The third-order valence-electron chi connectivity index (χ3n) is 19.1. The van der Waals surface area contributed by atoms with Gasteiger partial charge in [0.2, 0.25) is 6.29 Å². The number of carbonyl (C=O) groups is 9. The second-order valence-electron chi connectivity index (χ2n) is 24.1. The molecule has 424 valence electrons. The summed E-state index contributed by atoms with van der Waals surface area (Å²) in [6.07, 6.45) is -10.7. The first-order valence-electron chi connectivity index (χ1n) is 26.3. The van der Waals surface area contributed by atoms with Gasteiger partial charge in [-0.15, -0.1) is 0 Å². The molecule has 14 unspecified atom stereocenters. The Balaban J connectivity index is 1.28. The molecule has 7 rings (SSSR count). The second kappa shape index (κ2) is 21.3. The van der Waals surface area contributed by atoms with Crippen molar-refractivity contribution in [3.05, 3.63) is 11.6 Å². The van der Waals surface area contributed by atoms with Gasteiger partial charge in [-0.2, -0.15) is 0 Å². The quantitative estimate of drug-likeness (QED) is 0.135. The first kappa shape index (κ1) is 58.7. The van der Waals surface area contributed by atoms with E-state index in [1.165, 1.54) is 7.11 Å². The summed E-state index contributed by atoms with van der Waals surface area (Å²) in [5.41, 5.74) is -1.75. The van der Waals surface area contributed by atoms with Gasteiger partial charge >= 0.3 is 47.8 Å². The van der Waals surface area contributed by atoms with Gasteiger partial charge in [-0.3, -0.25) is 33.6 Å². The average Bonchev–Trinajstić information content (AvgIpc) is 3.36. The van der Waals surface area contributed by atoms with E-state index in [-0.39, 0.29) is 40.3 Å². The monoisotopic (exact) mass is 1070 g/mol. The average molecular weight is 1080 g/mol. The third-order valence-corrected chi connectivity index (χ3v) is 19.1. The summed E-state index contributed by atoms with van der Waals surface area (Å²) in [6, 6.07) is 0. The maximum atomic E-state index is 15.3. The molecule has 0 bridgehead atoms. The number of carbonyl (C=O) groups excluding carboxylic acids is 9. The molecule has 2 aliphatic heterocycles. The predicted octanol–water partition coefficient (Wildman–Crippen LogP) is 5.36. The molecule has 0 aromatic carbocycles. The summed E-state index contributed by atoms with van der Waals surface area (Å²) in [5.74, 6) is -7.58. The van der Waals surface area contributed by atoms with E-state index >= 15 is 4.79 Å². The number of fused-ring (bicyclic) bond motifs is 7. The maximum Gasteiger partial charge on any atom is 0.339 e. The highest BCUT2D eigenvalue weighted by Gasteiger charge is 2.71. The van der Waals surface area contributed by atoms with Crippen molar-refractivity contribution in [3.8, 4) is 0 Å². The van der Waals surface area contributed by atoms with Crippen molar-refractivity contribution in [2.45, 2.75) is 208 Å². The van der Waals surface area contributed by atoms with Gasteiger partial charge < -0.3 is 56.8 Å². The van der Waals surface area contributed by atoms with Gasteiger partial charge in [0.1, 0.15) is 0 Å². The highest BCUT2D eigenvalue weighted by molar-refractivity contribution is 5.96. The molecule has 0 spiro atoms. The smallest absolute Gasteiger partial charge is 0.339 e.